The number of hydrogen-bond donors (Lipinski definition) is 2. The molecule has 108 valence electrons. The number of nitro groups is 1. The molecule has 1 atom stereocenters. The van der Waals surface area contributed by atoms with Crippen LogP contribution in [0, 0.1) is 16.0 Å². The molecule has 9 nitrogen and oxygen atoms in total. The van der Waals surface area contributed by atoms with Crippen molar-refractivity contribution in [3.63, 3.8) is 0 Å². The molecule has 1 saturated carbocycles. The predicted octanol–water partition coefficient (Wildman–Crippen LogP) is 1.06. The first-order chi connectivity index (χ1) is 9.40. The van der Waals surface area contributed by atoms with Gasteiger partial charge in [0, 0.05) is 0 Å². The lowest BCUT2D eigenvalue weighted by molar-refractivity contribution is -0.385. The maximum absolute atomic E-state index is 11.4. The molecule has 1 aliphatic rings. The number of aromatic nitrogens is 2. The Bertz CT molecular complexity index is 560. The molecule has 1 aliphatic carbocycles. The zero-order valence-corrected chi connectivity index (χ0v) is 11.0. The standard InChI is InChI=1S/C11H14N4O5/c1-11(10(16)17,6-3-4-6)14-8-7(15(18)19)9(20-2)13-5-12-8/h5-6H,3-4H2,1-2H3,(H,16,17)(H,12,13,14). The maximum atomic E-state index is 11.4. The lowest BCUT2D eigenvalue weighted by Gasteiger charge is -2.26. The third-order valence-corrected chi connectivity index (χ3v) is 3.38. The average molecular weight is 282 g/mol. The van der Waals surface area contributed by atoms with Crippen LogP contribution in [0.3, 0.4) is 0 Å². The quantitative estimate of drug-likeness (QED) is 0.585. The van der Waals surface area contributed by atoms with Gasteiger partial charge in [0.1, 0.15) is 11.9 Å². The zero-order chi connectivity index (χ0) is 14.9. The van der Waals surface area contributed by atoms with Gasteiger partial charge >= 0.3 is 11.7 Å². The first-order valence-electron chi connectivity index (χ1n) is 5.95. The molecule has 2 N–H and O–H groups in total. The molecular weight excluding hydrogens is 268 g/mol. The molecular formula is C11H14N4O5. The van der Waals surface area contributed by atoms with Gasteiger partial charge in [-0.05, 0) is 25.7 Å². The largest absolute Gasteiger partial charge is 0.480 e. The van der Waals surface area contributed by atoms with Crippen LogP contribution in [0.25, 0.3) is 0 Å². The van der Waals surface area contributed by atoms with E-state index in [4.69, 9.17) is 4.74 Å². The fourth-order valence-electron chi connectivity index (χ4n) is 2.00. The van der Waals surface area contributed by atoms with Crippen LogP contribution in [0.1, 0.15) is 19.8 Å². The van der Waals surface area contributed by atoms with Gasteiger partial charge in [0.25, 0.3) is 5.88 Å². The van der Waals surface area contributed by atoms with E-state index < -0.39 is 22.1 Å². The lowest BCUT2D eigenvalue weighted by atomic mass is 9.96. The molecule has 20 heavy (non-hydrogen) atoms. The van der Waals surface area contributed by atoms with Gasteiger partial charge in [0.15, 0.2) is 0 Å². The highest BCUT2D eigenvalue weighted by Crippen LogP contribution is 2.43. The van der Waals surface area contributed by atoms with Crippen LogP contribution in [0.5, 0.6) is 5.88 Å². The van der Waals surface area contributed by atoms with E-state index in [0.29, 0.717) is 0 Å². The van der Waals surface area contributed by atoms with Crippen LogP contribution >= 0.6 is 0 Å². The monoisotopic (exact) mass is 282 g/mol. The van der Waals surface area contributed by atoms with Gasteiger partial charge in [0.2, 0.25) is 5.82 Å². The van der Waals surface area contributed by atoms with E-state index >= 15 is 0 Å². The van der Waals surface area contributed by atoms with Crippen LogP contribution in [0.15, 0.2) is 6.33 Å². The summed E-state index contributed by atoms with van der Waals surface area (Å²) in [7, 11) is 1.25. The first kappa shape index (κ1) is 14.0. The molecule has 1 unspecified atom stereocenters. The molecule has 0 radical (unpaired) electrons. The number of methoxy groups -OCH3 is 1. The number of aliphatic carboxylic acids is 1. The van der Waals surface area contributed by atoms with Crippen LogP contribution < -0.4 is 10.1 Å². The summed E-state index contributed by atoms with van der Waals surface area (Å²) in [4.78, 5) is 29.3. The molecule has 1 fully saturated rings. The minimum Gasteiger partial charge on any atom is -0.480 e. The second-order valence-electron chi connectivity index (χ2n) is 4.74. The van der Waals surface area contributed by atoms with Gasteiger partial charge in [-0.15, -0.1) is 0 Å². The highest BCUT2D eigenvalue weighted by molar-refractivity contribution is 5.84. The Morgan fingerprint density at radius 2 is 2.25 bits per heavy atom. The minimum absolute atomic E-state index is 0.0828. The number of nitrogens with one attached hydrogen (secondary N) is 1. The normalized spacial score (nSPS) is 17.1. The topological polar surface area (TPSA) is 127 Å². The van der Waals surface area contributed by atoms with E-state index in [9.17, 15) is 20.0 Å². The Morgan fingerprint density at radius 3 is 2.70 bits per heavy atom. The first-order valence-corrected chi connectivity index (χ1v) is 5.95. The lowest BCUT2D eigenvalue weighted by Crippen LogP contribution is -2.46. The summed E-state index contributed by atoms with van der Waals surface area (Å²) in [6.07, 6.45) is 2.60. The van der Waals surface area contributed by atoms with E-state index in [1.54, 1.807) is 0 Å². The highest BCUT2D eigenvalue weighted by Gasteiger charge is 2.49. The molecule has 0 saturated heterocycles. The zero-order valence-electron chi connectivity index (χ0n) is 11.0. The fraction of sp³-hybridized carbons (Fsp3) is 0.545. The molecule has 9 heteroatoms. The number of nitrogens with zero attached hydrogens (tertiary/aromatic N) is 3. The Morgan fingerprint density at radius 1 is 1.60 bits per heavy atom. The Hall–Kier alpha value is -2.45. The Balaban J connectivity index is 2.42. The Kier molecular flexibility index (Phi) is 3.43. The SMILES string of the molecule is COc1ncnc(NC(C)(C(=O)O)C2CC2)c1[N+](=O)[O-]. The molecule has 1 heterocycles. The minimum atomic E-state index is -1.30. The van der Waals surface area contributed by atoms with E-state index in [2.05, 4.69) is 15.3 Å². The van der Waals surface area contributed by atoms with E-state index in [1.807, 2.05) is 0 Å². The van der Waals surface area contributed by atoms with Crippen molar-refractivity contribution in [3.05, 3.63) is 16.4 Å². The van der Waals surface area contributed by atoms with Gasteiger partial charge in [-0.2, -0.15) is 4.98 Å². The summed E-state index contributed by atoms with van der Waals surface area (Å²) in [6.45, 7) is 1.49. The molecule has 0 aromatic carbocycles. The van der Waals surface area contributed by atoms with Crippen molar-refractivity contribution in [2.75, 3.05) is 12.4 Å². The van der Waals surface area contributed by atoms with Crippen LogP contribution in [-0.4, -0.2) is 38.6 Å². The van der Waals surface area contributed by atoms with Crippen molar-refractivity contribution in [1.29, 1.82) is 0 Å². The highest BCUT2D eigenvalue weighted by atomic mass is 16.6. The summed E-state index contributed by atoms with van der Waals surface area (Å²) in [5.41, 5.74) is -1.77. The number of carboxylic acids is 1. The average Bonchev–Trinajstić information content (AvgIpc) is 3.22. The van der Waals surface area contributed by atoms with E-state index in [0.717, 1.165) is 19.2 Å². The van der Waals surface area contributed by atoms with E-state index in [-0.39, 0.29) is 17.6 Å². The van der Waals surface area contributed by atoms with Crippen molar-refractivity contribution in [2.24, 2.45) is 5.92 Å². The van der Waals surface area contributed by atoms with Crippen LogP contribution in [0.4, 0.5) is 11.5 Å². The van der Waals surface area contributed by atoms with Crippen molar-refractivity contribution in [2.45, 2.75) is 25.3 Å². The smallest absolute Gasteiger partial charge is 0.372 e. The number of hydrogen-bond acceptors (Lipinski definition) is 7. The molecule has 0 amide bonds. The number of carboxylic acid groups (broad SMARTS) is 1. The van der Waals surface area contributed by atoms with Gasteiger partial charge < -0.3 is 15.2 Å². The summed E-state index contributed by atoms with van der Waals surface area (Å²) in [5.74, 6) is -1.53. The van der Waals surface area contributed by atoms with Gasteiger partial charge in [-0.1, -0.05) is 0 Å². The summed E-state index contributed by atoms with van der Waals surface area (Å²) >= 11 is 0. The van der Waals surface area contributed by atoms with Crippen molar-refractivity contribution in [1.82, 2.24) is 9.97 Å². The number of ether oxygens (including phenoxy) is 1. The summed E-state index contributed by atoms with van der Waals surface area (Å²) in [6, 6.07) is 0. The second-order valence-corrected chi connectivity index (χ2v) is 4.74. The third-order valence-electron chi connectivity index (χ3n) is 3.38. The molecule has 0 spiro atoms. The fourth-order valence-corrected chi connectivity index (χ4v) is 2.00. The summed E-state index contributed by atoms with van der Waals surface area (Å²) < 4.78 is 4.82. The summed E-state index contributed by atoms with van der Waals surface area (Å²) in [5, 5.41) is 23.1. The molecule has 1 aromatic heterocycles. The van der Waals surface area contributed by atoms with Crippen molar-refractivity contribution >= 4 is 17.5 Å². The van der Waals surface area contributed by atoms with E-state index in [1.165, 1.54) is 14.0 Å². The molecule has 0 aliphatic heterocycles. The van der Waals surface area contributed by atoms with Gasteiger partial charge in [-0.25, -0.2) is 9.78 Å². The van der Waals surface area contributed by atoms with Crippen LogP contribution in [-0.2, 0) is 4.79 Å². The second kappa shape index (κ2) is 4.91. The third kappa shape index (κ3) is 2.33. The van der Waals surface area contributed by atoms with Crippen molar-refractivity contribution in [3.8, 4) is 5.88 Å². The Labute approximate surface area is 114 Å². The number of anilines is 1. The van der Waals surface area contributed by atoms with Gasteiger partial charge in [0.05, 0.1) is 12.0 Å². The molecule has 0 bridgehead atoms. The maximum Gasteiger partial charge on any atom is 0.372 e. The number of rotatable bonds is 6. The number of carbonyl (C=O) groups is 1. The van der Waals surface area contributed by atoms with Gasteiger partial charge in [-0.3, -0.25) is 10.1 Å². The van der Waals surface area contributed by atoms with Crippen LogP contribution in [0.2, 0.25) is 0 Å². The molecule has 1 aromatic rings. The van der Waals surface area contributed by atoms with Crippen molar-refractivity contribution < 1.29 is 19.6 Å². The predicted molar refractivity (Wildman–Crippen MR) is 67.6 cm³/mol. The molecule has 2 rings (SSSR count).